The molecule has 2 amide bonds. The van der Waals surface area contributed by atoms with Gasteiger partial charge in [0.1, 0.15) is 5.82 Å². The summed E-state index contributed by atoms with van der Waals surface area (Å²) in [6.07, 6.45) is 2.97. The number of hydrogen-bond donors (Lipinski definition) is 3. The summed E-state index contributed by atoms with van der Waals surface area (Å²) in [5, 5.41) is 6.05. The van der Waals surface area contributed by atoms with Gasteiger partial charge in [-0.05, 0) is 44.4 Å². The molecule has 0 bridgehead atoms. The van der Waals surface area contributed by atoms with E-state index in [1.54, 1.807) is 18.2 Å². The second kappa shape index (κ2) is 8.28. The number of amides is 2. The number of rotatable bonds is 3. The van der Waals surface area contributed by atoms with Gasteiger partial charge in [0.25, 0.3) is 5.56 Å². The van der Waals surface area contributed by atoms with Crippen molar-refractivity contribution in [3.05, 3.63) is 44.2 Å². The molecule has 3 heterocycles. The highest BCUT2D eigenvalue weighted by atomic mass is 35.5. The van der Waals surface area contributed by atoms with Crippen LogP contribution >= 0.6 is 23.2 Å². The Balaban J connectivity index is 1.66. The van der Waals surface area contributed by atoms with Gasteiger partial charge in [-0.1, -0.05) is 23.2 Å². The number of fused-ring (bicyclic) bond motifs is 1. The highest BCUT2D eigenvalue weighted by molar-refractivity contribution is 6.35. The van der Waals surface area contributed by atoms with Gasteiger partial charge in [0.05, 0.1) is 11.5 Å². The Morgan fingerprint density at radius 1 is 1.20 bits per heavy atom. The molecule has 0 saturated carbocycles. The van der Waals surface area contributed by atoms with Crippen LogP contribution in [-0.4, -0.2) is 34.4 Å². The fraction of sp³-hybridized carbons (Fsp3) is 0.400. The molecular weight excluding hydrogens is 429 g/mol. The van der Waals surface area contributed by atoms with Crippen molar-refractivity contribution in [2.45, 2.75) is 44.6 Å². The Labute approximate surface area is 183 Å². The van der Waals surface area contributed by atoms with E-state index in [0.29, 0.717) is 21.7 Å². The van der Waals surface area contributed by atoms with Gasteiger partial charge in [-0.2, -0.15) is 4.98 Å². The molecule has 1 aromatic carbocycles. The lowest BCUT2D eigenvalue weighted by Gasteiger charge is -2.34. The van der Waals surface area contributed by atoms with Crippen molar-refractivity contribution in [3.63, 3.8) is 0 Å². The number of hydrogen-bond acceptors (Lipinski definition) is 5. The van der Waals surface area contributed by atoms with Gasteiger partial charge in [0.15, 0.2) is 0 Å². The Kier molecular flexibility index (Phi) is 5.71. The van der Waals surface area contributed by atoms with Crippen molar-refractivity contribution in [3.8, 4) is 0 Å². The first-order valence-corrected chi connectivity index (χ1v) is 10.5. The zero-order chi connectivity index (χ0) is 21.4. The SMILES string of the molecule is C[C@@H]1CCCCN1c1nc2c(c(=O)[nH]1)[C@H](C(=O)Nc1cc(Cl)cc(Cl)c1)CC(=O)N2. The van der Waals surface area contributed by atoms with E-state index in [-0.39, 0.29) is 29.8 Å². The van der Waals surface area contributed by atoms with Crippen LogP contribution in [0.3, 0.4) is 0 Å². The second-order valence-corrected chi connectivity index (χ2v) is 8.52. The lowest BCUT2D eigenvalue weighted by atomic mass is 9.92. The van der Waals surface area contributed by atoms with Gasteiger partial charge in [-0.25, -0.2) is 0 Å². The number of carbonyl (C=O) groups is 2. The maximum absolute atomic E-state index is 12.9. The molecule has 0 spiro atoms. The molecule has 1 aromatic heterocycles. The van der Waals surface area contributed by atoms with Crippen LogP contribution in [0.2, 0.25) is 10.0 Å². The maximum atomic E-state index is 12.9. The molecule has 2 aliphatic rings. The van der Waals surface area contributed by atoms with Crippen LogP contribution in [0.1, 0.15) is 44.1 Å². The van der Waals surface area contributed by atoms with E-state index in [9.17, 15) is 14.4 Å². The minimum atomic E-state index is -0.976. The lowest BCUT2D eigenvalue weighted by molar-refractivity contribution is -0.123. The van der Waals surface area contributed by atoms with Gasteiger partial charge in [0.2, 0.25) is 17.8 Å². The third-order valence-electron chi connectivity index (χ3n) is 5.46. The van der Waals surface area contributed by atoms with E-state index in [0.717, 1.165) is 25.8 Å². The number of benzene rings is 1. The Morgan fingerprint density at radius 2 is 1.93 bits per heavy atom. The minimum Gasteiger partial charge on any atom is -0.340 e. The van der Waals surface area contributed by atoms with Crippen LogP contribution in [-0.2, 0) is 9.59 Å². The monoisotopic (exact) mass is 449 g/mol. The smallest absolute Gasteiger partial charge is 0.258 e. The molecule has 1 fully saturated rings. The first-order valence-electron chi connectivity index (χ1n) is 9.79. The first kappa shape index (κ1) is 20.7. The first-order chi connectivity index (χ1) is 14.3. The largest absolute Gasteiger partial charge is 0.340 e. The number of aromatic amines is 1. The van der Waals surface area contributed by atoms with Gasteiger partial charge in [-0.15, -0.1) is 0 Å². The predicted octanol–water partition coefficient (Wildman–Crippen LogP) is 3.52. The third kappa shape index (κ3) is 4.15. The van der Waals surface area contributed by atoms with Crippen molar-refractivity contribution in [2.24, 2.45) is 0 Å². The summed E-state index contributed by atoms with van der Waals surface area (Å²) in [5.41, 5.74) is 0.0962. The topological polar surface area (TPSA) is 107 Å². The van der Waals surface area contributed by atoms with E-state index in [2.05, 4.69) is 27.5 Å². The summed E-state index contributed by atoms with van der Waals surface area (Å²) >= 11 is 12.0. The number of nitrogens with zero attached hydrogens (tertiary/aromatic N) is 2. The summed E-state index contributed by atoms with van der Waals surface area (Å²) in [5.74, 6) is -1.31. The molecule has 4 rings (SSSR count). The normalized spacial score (nSPS) is 21.0. The average Bonchev–Trinajstić information content (AvgIpc) is 2.66. The van der Waals surface area contributed by atoms with Crippen LogP contribution in [0.5, 0.6) is 0 Å². The molecule has 0 radical (unpaired) electrons. The molecule has 8 nitrogen and oxygen atoms in total. The highest BCUT2D eigenvalue weighted by Crippen LogP contribution is 2.32. The van der Waals surface area contributed by atoms with Gasteiger partial charge < -0.3 is 15.5 Å². The zero-order valence-corrected chi connectivity index (χ0v) is 17.8. The summed E-state index contributed by atoms with van der Waals surface area (Å²) in [6.45, 7) is 2.85. The van der Waals surface area contributed by atoms with Gasteiger partial charge >= 0.3 is 0 Å². The van der Waals surface area contributed by atoms with Crippen LogP contribution in [0, 0.1) is 0 Å². The fourth-order valence-electron chi connectivity index (χ4n) is 3.99. The van der Waals surface area contributed by atoms with Crippen molar-refractivity contribution in [1.29, 1.82) is 0 Å². The second-order valence-electron chi connectivity index (χ2n) is 7.64. The molecule has 30 heavy (non-hydrogen) atoms. The van der Waals surface area contributed by atoms with Crippen molar-refractivity contribution in [2.75, 3.05) is 22.1 Å². The number of carbonyl (C=O) groups excluding carboxylic acids is 2. The molecule has 3 N–H and O–H groups in total. The summed E-state index contributed by atoms with van der Waals surface area (Å²) < 4.78 is 0. The van der Waals surface area contributed by atoms with E-state index in [4.69, 9.17) is 23.2 Å². The molecular formula is C20H21Cl2N5O3. The summed E-state index contributed by atoms with van der Waals surface area (Å²) in [6, 6.07) is 4.85. The van der Waals surface area contributed by atoms with Crippen LogP contribution in [0.25, 0.3) is 0 Å². The van der Waals surface area contributed by atoms with Crippen LogP contribution in [0.4, 0.5) is 17.5 Å². The number of H-pyrrole nitrogens is 1. The summed E-state index contributed by atoms with van der Waals surface area (Å²) in [4.78, 5) is 47.4. The number of halogens is 2. The zero-order valence-electron chi connectivity index (χ0n) is 16.3. The Hall–Kier alpha value is -2.58. The average molecular weight is 450 g/mol. The number of aromatic nitrogens is 2. The van der Waals surface area contributed by atoms with Crippen molar-refractivity contribution < 1.29 is 9.59 Å². The molecule has 0 aliphatic carbocycles. The highest BCUT2D eigenvalue weighted by Gasteiger charge is 2.35. The Bertz CT molecular complexity index is 1050. The molecule has 1 saturated heterocycles. The third-order valence-corrected chi connectivity index (χ3v) is 5.90. The van der Waals surface area contributed by atoms with E-state index in [1.807, 2.05) is 4.90 Å². The maximum Gasteiger partial charge on any atom is 0.258 e. The van der Waals surface area contributed by atoms with E-state index < -0.39 is 17.4 Å². The van der Waals surface area contributed by atoms with Gasteiger partial charge in [-0.3, -0.25) is 19.4 Å². The molecule has 0 unspecified atom stereocenters. The van der Waals surface area contributed by atoms with Crippen LogP contribution in [0.15, 0.2) is 23.0 Å². The summed E-state index contributed by atoms with van der Waals surface area (Å²) in [7, 11) is 0. The number of nitrogens with one attached hydrogen (secondary N) is 3. The number of piperidine rings is 1. The predicted molar refractivity (Wildman–Crippen MR) is 117 cm³/mol. The molecule has 2 aliphatic heterocycles. The fourth-order valence-corrected chi connectivity index (χ4v) is 4.51. The van der Waals surface area contributed by atoms with E-state index in [1.165, 1.54) is 0 Å². The molecule has 2 aromatic rings. The van der Waals surface area contributed by atoms with Gasteiger partial charge in [0, 0.05) is 34.7 Å². The Morgan fingerprint density at radius 3 is 2.63 bits per heavy atom. The molecule has 158 valence electrons. The minimum absolute atomic E-state index is 0.132. The molecule has 2 atom stereocenters. The molecule has 10 heteroatoms. The quantitative estimate of drug-likeness (QED) is 0.664. The standard InChI is InChI=1S/C20H21Cl2N5O3/c1-10-4-2-3-5-27(10)20-25-17-16(19(30)26-20)14(9-15(28)24-17)18(29)23-13-7-11(21)6-12(22)8-13/h6-8,10,14H,2-5,9H2,1H3,(H,23,29)(H2,24,25,26,28,30)/t10-,14-/m1/s1. The lowest BCUT2D eigenvalue weighted by Crippen LogP contribution is -2.42. The van der Waals surface area contributed by atoms with Crippen molar-refractivity contribution >= 4 is 52.5 Å². The van der Waals surface area contributed by atoms with Crippen molar-refractivity contribution in [1.82, 2.24) is 9.97 Å². The van der Waals surface area contributed by atoms with E-state index >= 15 is 0 Å². The number of anilines is 3. The van der Waals surface area contributed by atoms with Crippen LogP contribution < -0.4 is 21.1 Å².